The van der Waals surface area contributed by atoms with Crippen molar-refractivity contribution in [3.8, 4) is 0 Å². The zero-order valence-electron chi connectivity index (χ0n) is 15.7. The number of nitrogens with zero attached hydrogens (tertiary/aromatic N) is 4. The van der Waals surface area contributed by atoms with Crippen LogP contribution in [0.1, 0.15) is 48.8 Å². The smallest absolute Gasteiger partial charge is 0.136 e. The predicted octanol–water partition coefficient (Wildman–Crippen LogP) is 3.80. The van der Waals surface area contributed by atoms with Crippen molar-refractivity contribution < 1.29 is 9.13 Å². The van der Waals surface area contributed by atoms with Crippen LogP contribution in [0, 0.1) is 5.82 Å². The van der Waals surface area contributed by atoms with Crippen LogP contribution in [0.2, 0.25) is 5.02 Å². The highest BCUT2D eigenvalue weighted by Crippen LogP contribution is 2.29. The van der Waals surface area contributed by atoms with Crippen molar-refractivity contribution in [2.45, 2.75) is 57.2 Å². The third kappa shape index (κ3) is 4.18. The van der Waals surface area contributed by atoms with Crippen molar-refractivity contribution in [1.29, 1.82) is 0 Å². The number of rotatable bonds is 4. The maximum absolute atomic E-state index is 13.3. The van der Waals surface area contributed by atoms with Gasteiger partial charge in [-0.2, -0.15) is 0 Å². The molecule has 1 aromatic heterocycles. The van der Waals surface area contributed by atoms with E-state index in [2.05, 4.69) is 26.7 Å². The quantitative estimate of drug-likeness (QED) is 0.793. The van der Waals surface area contributed by atoms with Gasteiger partial charge in [-0.05, 0) is 50.4 Å². The van der Waals surface area contributed by atoms with Crippen molar-refractivity contribution in [2.24, 2.45) is 0 Å². The number of hydrogen-bond acceptors (Lipinski definition) is 4. The van der Waals surface area contributed by atoms with Gasteiger partial charge in [-0.1, -0.05) is 17.7 Å². The van der Waals surface area contributed by atoms with Crippen molar-refractivity contribution >= 4 is 11.6 Å². The van der Waals surface area contributed by atoms with E-state index < -0.39 is 0 Å². The lowest BCUT2D eigenvalue weighted by Crippen LogP contribution is -2.32. The summed E-state index contributed by atoms with van der Waals surface area (Å²) in [5, 5.41) is 9.49. The first kappa shape index (κ1) is 18.8. The van der Waals surface area contributed by atoms with Crippen LogP contribution in [0.15, 0.2) is 18.2 Å². The summed E-state index contributed by atoms with van der Waals surface area (Å²) in [6, 6.07) is 5.08. The summed E-state index contributed by atoms with van der Waals surface area (Å²) in [6.45, 7) is 3.30. The minimum Gasteiger partial charge on any atom is -0.381 e. The monoisotopic (exact) mass is 392 g/mol. The van der Waals surface area contributed by atoms with E-state index in [1.807, 2.05) is 0 Å². The summed E-state index contributed by atoms with van der Waals surface area (Å²) in [6.07, 6.45) is 5.09. The minimum absolute atomic E-state index is 0.292. The van der Waals surface area contributed by atoms with Gasteiger partial charge in [0.2, 0.25) is 0 Å². The second-order valence-corrected chi connectivity index (χ2v) is 8.05. The third-order valence-corrected chi connectivity index (χ3v) is 6.24. The van der Waals surface area contributed by atoms with Crippen LogP contribution < -0.4 is 0 Å². The Hall–Kier alpha value is -1.50. The molecule has 3 heterocycles. The Kier molecular flexibility index (Phi) is 5.76. The lowest BCUT2D eigenvalue weighted by atomic mass is 9.99. The SMILES string of the molecule is CN(Cc1ccc(F)cc1Cl)[C@H]1CCc2nnc(C3CCOCC3)n2CC1. The zero-order valence-corrected chi connectivity index (χ0v) is 16.5. The Morgan fingerprint density at radius 2 is 2.04 bits per heavy atom. The van der Waals surface area contributed by atoms with Crippen molar-refractivity contribution in [1.82, 2.24) is 19.7 Å². The van der Waals surface area contributed by atoms with E-state index in [1.165, 1.54) is 12.1 Å². The molecular formula is C20H26ClFN4O. The number of benzene rings is 1. The van der Waals surface area contributed by atoms with Crippen LogP contribution in [0.25, 0.3) is 0 Å². The van der Waals surface area contributed by atoms with Crippen LogP contribution in [-0.4, -0.2) is 46.0 Å². The van der Waals surface area contributed by atoms with Gasteiger partial charge in [0.1, 0.15) is 17.5 Å². The molecule has 146 valence electrons. The first-order chi connectivity index (χ1) is 13.1. The van der Waals surface area contributed by atoms with E-state index in [0.717, 1.165) is 75.6 Å². The minimum atomic E-state index is -0.292. The molecule has 0 amide bonds. The molecule has 0 N–H and O–H groups in total. The Bertz CT molecular complexity index is 790. The summed E-state index contributed by atoms with van der Waals surface area (Å²) < 4.78 is 21.1. The molecule has 27 heavy (non-hydrogen) atoms. The highest BCUT2D eigenvalue weighted by atomic mass is 35.5. The molecule has 5 nitrogen and oxygen atoms in total. The molecule has 0 saturated carbocycles. The van der Waals surface area contributed by atoms with E-state index in [4.69, 9.17) is 16.3 Å². The molecule has 0 unspecified atom stereocenters. The second kappa shape index (κ2) is 8.25. The van der Waals surface area contributed by atoms with E-state index in [1.54, 1.807) is 6.07 Å². The van der Waals surface area contributed by atoms with Crippen molar-refractivity contribution in [3.05, 3.63) is 46.3 Å². The average molecular weight is 393 g/mol. The molecule has 0 radical (unpaired) electrons. The second-order valence-electron chi connectivity index (χ2n) is 7.64. The number of fused-ring (bicyclic) bond motifs is 1. The topological polar surface area (TPSA) is 43.2 Å². The fraction of sp³-hybridized carbons (Fsp3) is 0.600. The van der Waals surface area contributed by atoms with Gasteiger partial charge in [-0.3, -0.25) is 4.90 Å². The Labute approximate surface area is 164 Å². The fourth-order valence-corrected chi connectivity index (χ4v) is 4.47. The van der Waals surface area contributed by atoms with Crippen molar-refractivity contribution in [3.63, 3.8) is 0 Å². The molecule has 7 heteroatoms. The zero-order chi connectivity index (χ0) is 18.8. The maximum atomic E-state index is 13.3. The van der Waals surface area contributed by atoms with E-state index >= 15 is 0 Å². The fourth-order valence-electron chi connectivity index (χ4n) is 4.24. The van der Waals surface area contributed by atoms with Gasteiger partial charge < -0.3 is 9.30 Å². The van der Waals surface area contributed by atoms with Gasteiger partial charge in [0.05, 0.1) is 0 Å². The van der Waals surface area contributed by atoms with E-state index in [0.29, 0.717) is 17.0 Å². The normalized spacial score (nSPS) is 21.3. The van der Waals surface area contributed by atoms with Gasteiger partial charge in [0, 0.05) is 49.7 Å². The van der Waals surface area contributed by atoms with Crippen LogP contribution in [0.4, 0.5) is 4.39 Å². The first-order valence-electron chi connectivity index (χ1n) is 9.75. The summed E-state index contributed by atoms with van der Waals surface area (Å²) >= 11 is 6.21. The molecular weight excluding hydrogens is 367 g/mol. The summed E-state index contributed by atoms with van der Waals surface area (Å²) in [7, 11) is 2.12. The molecule has 1 atom stereocenters. The van der Waals surface area contributed by atoms with Gasteiger partial charge in [-0.25, -0.2) is 4.39 Å². The molecule has 4 rings (SSSR count). The third-order valence-electron chi connectivity index (χ3n) is 5.89. The number of ether oxygens (including phenoxy) is 1. The molecule has 1 fully saturated rings. The average Bonchev–Trinajstić information content (AvgIpc) is 2.96. The molecule has 2 aromatic rings. The van der Waals surface area contributed by atoms with Gasteiger partial charge >= 0.3 is 0 Å². The lowest BCUT2D eigenvalue weighted by molar-refractivity contribution is 0.0826. The number of aryl methyl sites for hydroxylation is 1. The summed E-state index contributed by atoms with van der Waals surface area (Å²) in [4.78, 5) is 2.33. The van der Waals surface area contributed by atoms with Crippen LogP contribution in [0.5, 0.6) is 0 Å². The molecule has 1 aromatic carbocycles. The Morgan fingerprint density at radius 1 is 1.22 bits per heavy atom. The van der Waals surface area contributed by atoms with Crippen LogP contribution >= 0.6 is 11.6 Å². The Morgan fingerprint density at radius 3 is 2.81 bits per heavy atom. The van der Waals surface area contributed by atoms with Gasteiger partial charge in [-0.15, -0.1) is 10.2 Å². The van der Waals surface area contributed by atoms with Gasteiger partial charge in [0.25, 0.3) is 0 Å². The Balaban J connectivity index is 1.43. The van der Waals surface area contributed by atoms with E-state index in [9.17, 15) is 4.39 Å². The maximum Gasteiger partial charge on any atom is 0.136 e. The molecule has 2 aliphatic heterocycles. The predicted molar refractivity (Wildman–Crippen MR) is 102 cm³/mol. The molecule has 0 aliphatic carbocycles. The standard InChI is InChI=1S/C20H26ClFN4O/c1-25(13-15-2-3-16(22)12-18(15)21)17-4-5-19-23-24-20(26(19)9-6-17)14-7-10-27-11-8-14/h2-3,12,14,17H,4-11,13H2,1H3/t17-/m0/s1. The number of aromatic nitrogens is 3. The van der Waals surface area contributed by atoms with Crippen molar-refractivity contribution in [2.75, 3.05) is 20.3 Å². The van der Waals surface area contributed by atoms with Crippen LogP contribution in [-0.2, 0) is 24.2 Å². The summed E-state index contributed by atoms with van der Waals surface area (Å²) in [5.41, 5.74) is 0.965. The largest absolute Gasteiger partial charge is 0.381 e. The first-order valence-corrected chi connectivity index (χ1v) is 10.1. The molecule has 1 saturated heterocycles. The molecule has 2 aliphatic rings. The van der Waals surface area contributed by atoms with Crippen LogP contribution in [0.3, 0.4) is 0 Å². The highest BCUT2D eigenvalue weighted by Gasteiger charge is 2.27. The van der Waals surface area contributed by atoms with Gasteiger partial charge in [0.15, 0.2) is 0 Å². The lowest BCUT2D eigenvalue weighted by Gasteiger charge is -2.27. The van der Waals surface area contributed by atoms with E-state index in [-0.39, 0.29) is 5.82 Å². The summed E-state index contributed by atoms with van der Waals surface area (Å²) in [5.74, 6) is 2.41. The molecule has 0 bridgehead atoms. The highest BCUT2D eigenvalue weighted by molar-refractivity contribution is 6.31. The number of hydrogen-bond donors (Lipinski definition) is 0. The number of halogens is 2. The molecule has 0 spiro atoms.